The van der Waals surface area contributed by atoms with Crippen molar-refractivity contribution in [2.75, 3.05) is 13.7 Å². The van der Waals surface area contributed by atoms with Crippen LogP contribution in [0.15, 0.2) is 18.3 Å². The summed E-state index contributed by atoms with van der Waals surface area (Å²) in [6, 6.07) is 2.68. The summed E-state index contributed by atoms with van der Waals surface area (Å²) >= 11 is 6.09. The van der Waals surface area contributed by atoms with Crippen LogP contribution in [0.2, 0.25) is 5.02 Å². The molecule has 0 aliphatic carbocycles. The summed E-state index contributed by atoms with van der Waals surface area (Å²) in [6.45, 7) is 0.392. The maximum absolute atomic E-state index is 11.5. The Labute approximate surface area is 155 Å². The van der Waals surface area contributed by atoms with E-state index in [1.807, 2.05) is 0 Å². The number of hydrogen-bond donors (Lipinski definition) is 2. The van der Waals surface area contributed by atoms with Gasteiger partial charge in [0, 0.05) is 23.6 Å². The lowest BCUT2D eigenvalue weighted by molar-refractivity contribution is -0.742. The molecule has 27 heavy (non-hydrogen) atoms. The molecule has 2 aromatic rings. The standard InChI is InChI=1S/C14H12ClN3O5.HNO3/c1-22-14(19)11-6-16-13(17-11)8-2-3-23-12-9(8)4-7(18(20)21)5-10(12)15;2-1(3)4/h4-6,8H,2-3H2,1H3,(H,16,17);(H,2,3,4). The molecule has 1 atom stereocenters. The number of aromatic nitrogens is 2. The third-order valence-corrected chi connectivity index (χ3v) is 3.91. The lowest BCUT2D eigenvalue weighted by Gasteiger charge is -2.25. The third kappa shape index (κ3) is 4.61. The monoisotopic (exact) mass is 400 g/mol. The van der Waals surface area contributed by atoms with E-state index in [1.54, 1.807) is 0 Å². The predicted molar refractivity (Wildman–Crippen MR) is 88.8 cm³/mol. The van der Waals surface area contributed by atoms with Gasteiger partial charge in [-0.3, -0.25) is 10.1 Å². The van der Waals surface area contributed by atoms with Crippen LogP contribution in [-0.2, 0) is 4.74 Å². The van der Waals surface area contributed by atoms with Crippen molar-refractivity contribution in [2.24, 2.45) is 0 Å². The predicted octanol–water partition coefficient (Wildman–Crippen LogP) is 2.32. The number of nitro benzene ring substituents is 1. The van der Waals surface area contributed by atoms with Gasteiger partial charge in [0.05, 0.1) is 29.9 Å². The van der Waals surface area contributed by atoms with Crippen molar-refractivity contribution in [3.05, 3.63) is 60.7 Å². The van der Waals surface area contributed by atoms with Crippen LogP contribution < -0.4 is 4.74 Å². The van der Waals surface area contributed by atoms with Crippen LogP contribution in [0.5, 0.6) is 5.75 Å². The number of aromatic amines is 1. The first kappa shape index (κ1) is 19.9. The number of nitrogens with zero attached hydrogens (tertiary/aromatic N) is 3. The van der Waals surface area contributed by atoms with Crippen LogP contribution in [-0.4, -0.2) is 44.9 Å². The van der Waals surface area contributed by atoms with Crippen LogP contribution in [0.25, 0.3) is 0 Å². The maximum atomic E-state index is 11.5. The van der Waals surface area contributed by atoms with Crippen LogP contribution >= 0.6 is 11.6 Å². The van der Waals surface area contributed by atoms with E-state index in [4.69, 9.17) is 31.7 Å². The van der Waals surface area contributed by atoms with Crippen molar-refractivity contribution in [3.63, 3.8) is 0 Å². The Hall–Kier alpha value is -3.41. The molecule has 1 aliphatic rings. The van der Waals surface area contributed by atoms with Gasteiger partial charge in [0.25, 0.3) is 10.8 Å². The number of H-pyrrole nitrogens is 1. The molecule has 0 radical (unpaired) electrons. The van der Waals surface area contributed by atoms with Crippen LogP contribution in [0.4, 0.5) is 5.69 Å². The Kier molecular flexibility index (Phi) is 6.13. The van der Waals surface area contributed by atoms with Crippen LogP contribution in [0, 0.1) is 20.2 Å². The minimum Gasteiger partial charge on any atom is -0.492 e. The van der Waals surface area contributed by atoms with Crippen molar-refractivity contribution in [2.45, 2.75) is 12.3 Å². The normalized spacial score (nSPS) is 14.8. The fraction of sp³-hybridized carbons (Fsp3) is 0.286. The number of ether oxygens (including phenoxy) is 2. The SMILES string of the molecule is COC(=O)c1cnc(C2CCOc3c(Cl)cc([N+](=O)[O-])cc32)[nH]1.O=[N+]([O-])O. The van der Waals surface area contributed by atoms with Gasteiger partial charge in [0.1, 0.15) is 17.3 Å². The second kappa shape index (κ2) is 8.31. The van der Waals surface area contributed by atoms with E-state index in [-0.39, 0.29) is 22.3 Å². The smallest absolute Gasteiger partial charge is 0.356 e. The van der Waals surface area contributed by atoms with Gasteiger partial charge in [-0.2, -0.15) is 0 Å². The number of hydrogen-bond acceptors (Lipinski definition) is 8. The summed E-state index contributed by atoms with van der Waals surface area (Å²) in [6.07, 6.45) is 1.92. The zero-order valence-corrected chi connectivity index (χ0v) is 14.5. The molecule has 13 heteroatoms. The first-order chi connectivity index (χ1) is 12.7. The molecule has 2 heterocycles. The number of non-ortho nitro benzene ring substituents is 1. The van der Waals surface area contributed by atoms with Crippen LogP contribution in [0.3, 0.4) is 0 Å². The van der Waals surface area contributed by atoms with Crippen LogP contribution in [0.1, 0.15) is 34.2 Å². The van der Waals surface area contributed by atoms with Gasteiger partial charge >= 0.3 is 5.97 Å². The summed E-state index contributed by atoms with van der Waals surface area (Å²) in [7, 11) is 1.27. The number of imidazole rings is 1. The minimum absolute atomic E-state index is 0.121. The fourth-order valence-corrected chi connectivity index (χ4v) is 2.84. The Morgan fingerprint density at radius 1 is 1.44 bits per heavy atom. The van der Waals surface area contributed by atoms with E-state index in [0.717, 1.165) is 0 Å². The topological polar surface area (TPSA) is 171 Å². The van der Waals surface area contributed by atoms with Crippen molar-refractivity contribution in [1.29, 1.82) is 0 Å². The zero-order valence-electron chi connectivity index (χ0n) is 13.7. The Morgan fingerprint density at radius 2 is 2.11 bits per heavy atom. The van der Waals surface area contributed by atoms with Gasteiger partial charge in [-0.1, -0.05) is 11.6 Å². The summed E-state index contributed by atoms with van der Waals surface area (Å²) < 4.78 is 10.2. The number of nitro groups is 1. The van der Waals surface area contributed by atoms with Crippen molar-refractivity contribution >= 4 is 23.3 Å². The number of carbonyl (C=O) groups is 1. The molecular weight excluding hydrogens is 388 g/mol. The second-order valence-corrected chi connectivity index (χ2v) is 5.61. The lowest BCUT2D eigenvalue weighted by Crippen LogP contribution is -2.17. The fourth-order valence-electron chi connectivity index (χ4n) is 2.56. The molecule has 0 fully saturated rings. The third-order valence-electron chi connectivity index (χ3n) is 3.63. The molecule has 1 aliphatic heterocycles. The largest absolute Gasteiger partial charge is 0.492 e. The molecule has 0 bridgehead atoms. The molecule has 1 aromatic carbocycles. The Balaban J connectivity index is 0.000000596. The average Bonchev–Trinajstić information content (AvgIpc) is 3.10. The van der Waals surface area contributed by atoms with E-state index in [9.17, 15) is 14.9 Å². The summed E-state index contributed by atoms with van der Waals surface area (Å²) in [5, 5.41) is 24.9. The highest BCUT2D eigenvalue weighted by Gasteiger charge is 2.30. The van der Waals surface area contributed by atoms with Crippen molar-refractivity contribution in [3.8, 4) is 5.75 Å². The Morgan fingerprint density at radius 3 is 2.70 bits per heavy atom. The highest BCUT2D eigenvalue weighted by Crippen LogP contribution is 2.43. The first-order valence-corrected chi connectivity index (χ1v) is 7.69. The molecule has 0 spiro atoms. The van der Waals surface area contributed by atoms with E-state index in [2.05, 4.69) is 14.7 Å². The summed E-state index contributed by atoms with van der Waals surface area (Å²) in [4.78, 5) is 37.5. The quantitative estimate of drug-likeness (QED) is 0.445. The van der Waals surface area contributed by atoms with Gasteiger partial charge in [0.15, 0.2) is 0 Å². The van der Waals surface area contributed by atoms with Gasteiger partial charge < -0.3 is 19.7 Å². The average molecular weight is 401 g/mol. The number of benzene rings is 1. The number of halogens is 1. The molecule has 144 valence electrons. The van der Waals surface area contributed by atoms with Crippen molar-refractivity contribution in [1.82, 2.24) is 9.97 Å². The van der Waals surface area contributed by atoms with Gasteiger partial charge in [-0.15, -0.1) is 10.1 Å². The van der Waals surface area contributed by atoms with Gasteiger partial charge in [0.2, 0.25) is 0 Å². The number of nitrogens with one attached hydrogen (secondary N) is 1. The highest BCUT2D eigenvalue weighted by molar-refractivity contribution is 6.32. The van der Waals surface area contributed by atoms with E-state index in [1.165, 1.54) is 25.4 Å². The number of carbonyl (C=O) groups excluding carboxylic acids is 1. The van der Waals surface area contributed by atoms with Gasteiger partial charge in [-0.25, -0.2) is 9.78 Å². The summed E-state index contributed by atoms with van der Waals surface area (Å²) in [5.41, 5.74) is 0.664. The highest BCUT2D eigenvalue weighted by atomic mass is 35.5. The first-order valence-electron chi connectivity index (χ1n) is 7.31. The maximum Gasteiger partial charge on any atom is 0.356 e. The molecule has 1 unspecified atom stereocenters. The second-order valence-electron chi connectivity index (χ2n) is 5.20. The van der Waals surface area contributed by atoms with Crippen molar-refractivity contribution < 1.29 is 29.5 Å². The molecule has 12 nitrogen and oxygen atoms in total. The molecule has 0 saturated carbocycles. The molecule has 3 rings (SSSR count). The molecule has 1 aromatic heterocycles. The Bertz CT molecular complexity index is 880. The van der Waals surface area contributed by atoms with E-state index < -0.39 is 16.0 Å². The minimum atomic E-state index is -1.50. The number of esters is 1. The molecule has 2 N–H and O–H groups in total. The zero-order chi connectivity index (χ0) is 20.1. The number of rotatable bonds is 3. The number of methoxy groups -OCH3 is 1. The summed E-state index contributed by atoms with van der Waals surface area (Å²) in [5.74, 6) is 0.0960. The molecular formula is C14H13ClN4O8. The molecule has 0 amide bonds. The lowest BCUT2D eigenvalue weighted by atomic mass is 9.92. The van der Waals surface area contributed by atoms with Gasteiger partial charge in [-0.05, 0) is 6.42 Å². The molecule has 0 saturated heterocycles. The van der Waals surface area contributed by atoms with E-state index >= 15 is 0 Å². The number of fused-ring (bicyclic) bond motifs is 1. The van der Waals surface area contributed by atoms with E-state index in [0.29, 0.717) is 30.2 Å².